The van der Waals surface area contributed by atoms with E-state index >= 15 is 0 Å². The highest BCUT2D eigenvalue weighted by atomic mass is 32.2. The molecule has 0 spiro atoms. The molecule has 0 saturated carbocycles. The molecular weight excluding hydrogens is 860 g/mol. The monoisotopic (exact) mass is 877 g/mol. The first-order valence-electron chi connectivity index (χ1n) is 12.5. The van der Waals surface area contributed by atoms with Crippen molar-refractivity contribution in [2.75, 3.05) is 25.4 Å². The highest BCUT2D eigenvalue weighted by molar-refractivity contribution is 7.85. The molecule has 0 aromatic heterocycles. The lowest BCUT2D eigenvalue weighted by molar-refractivity contribution is -0.440. The van der Waals surface area contributed by atoms with E-state index in [1.807, 2.05) is 0 Å². The van der Waals surface area contributed by atoms with Crippen LogP contribution in [0.2, 0.25) is 0 Å². The van der Waals surface area contributed by atoms with Gasteiger partial charge in [0.15, 0.2) is 0 Å². The van der Waals surface area contributed by atoms with Crippen LogP contribution in [0.15, 0.2) is 0 Å². The van der Waals surface area contributed by atoms with Gasteiger partial charge in [0.05, 0.1) is 18.0 Å². The Morgan fingerprint density at radius 3 is 0.849 bits per heavy atom. The van der Waals surface area contributed by atoms with Crippen LogP contribution in [0.1, 0.15) is 12.8 Å². The molecule has 53 heavy (non-hydrogen) atoms. The Morgan fingerprint density at radius 1 is 0.415 bits per heavy atom. The van der Waals surface area contributed by atoms with E-state index in [2.05, 4.69) is 0 Å². The highest BCUT2D eigenvalue weighted by Crippen LogP contribution is 2.62. The zero-order valence-corrected chi connectivity index (χ0v) is 25.1. The smallest absolute Gasteiger partial charge is 0.392 e. The molecule has 0 aliphatic carbocycles. The maximum absolute atomic E-state index is 14.1. The van der Waals surface area contributed by atoms with E-state index in [0.29, 0.717) is 0 Å². The molecule has 2 atom stereocenters. The van der Waals surface area contributed by atoms with Crippen LogP contribution in [0.3, 0.4) is 0 Å². The minimum Gasteiger partial charge on any atom is -0.392 e. The number of aliphatic hydroxyl groups is 2. The lowest BCUT2D eigenvalue weighted by Gasteiger charge is -2.40. The summed E-state index contributed by atoms with van der Waals surface area (Å²) in [5.74, 6) is -82.3. The van der Waals surface area contributed by atoms with Gasteiger partial charge in [-0.2, -0.15) is 123 Å². The average molecular weight is 877 g/mol. The molecule has 0 saturated heterocycles. The maximum Gasteiger partial charge on any atom is 0.460 e. The molecule has 0 aromatic carbocycles. The summed E-state index contributed by atoms with van der Waals surface area (Å²) in [4.78, 5) is -0.527. The SMILES string of the molecule is O=S(=O)(O)CCN(CC(O)CC(F)(F)C(F)(F)C(F)(F)C(F)(F)C(F)(F)C(F)(F)F)CC(O)CC(F)(F)C(F)(F)C(F)(F)C(F)(F)C(F)(F)C(F)(F)F. The molecule has 0 radical (unpaired) electrons. The first kappa shape index (κ1) is 51.0. The fraction of sp³-hybridized carbons (Fsp3) is 1.00. The van der Waals surface area contributed by atoms with Gasteiger partial charge in [-0.15, -0.1) is 0 Å². The van der Waals surface area contributed by atoms with Crippen LogP contribution in [0.25, 0.3) is 0 Å². The fourth-order valence-corrected chi connectivity index (χ4v) is 4.17. The van der Waals surface area contributed by atoms with Gasteiger partial charge in [-0.1, -0.05) is 0 Å². The van der Waals surface area contributed by atoms with Gasteiger partial charge in [0, 0.05) is 32.5 Å². The van der Waals surface area contributed by atoms with Gasteiger partial charge in [-0.05, 0) is 0 Å². The third-order valence-electron chi connectivity index (χ3n) is 6.58. The molecule has 3 N–H and O–H groups in total. The number of hydrogen-bond donors (Lipinski definition) is 3. The number of aliphatic hydroxyl groups excluding tert-OH is 2. The second-order valence-electron chi connectivity index (χ2n) is 10.8. The van der Waals surface area contributed by atoms with Gasteiger partial charge in [0.1, 0.15) is 0 Å². The van der Waals surface area contributed by atoms with Gasteiger partial charge in [0.25, 0.3) is 10.1 Å². The van der Waals surface area contributed by atoms with Crippen molar-refractivity contribution in [2.24, 2.45) is 0 Å². The van der Waals surface area contributed by atoms with Crippen LogP contribution < -0.4 is 0 Å². The average Bonchev–Trinajstić information content (AvgIpc) is 2.88. The minimum atomic E-state index is -8.43. The summed E-state index contributed by atoms with van der Waals surface area (Å²) in [7, 11) is -5.46. The van der Waals surface area contributed by atoms with Crippen molar-refractivity contribution in [2.45, 2.75) is 96.6 Å². The van der Waals surface area contributed by atoms with E-state index in [1.54, 1.807) is 0 Å². The van der Waals surface area contributed by atoms with Crippen molar-refractivity contribution in [3.8, 4) is 0 Å². The molecule has 320 valence electrons. The van der Waals surface area contributed by atoms with Gasteiger partial charge in [0.2, 0.25) is 0 Å². The second kappa shape index (κ2) is 14.5. The summed E-state index contributed by atoms with van der Waals surface area (Å²) in [5, 5.41) is 19.2. The molecule has 33 heteroatoms. The first-order valence-corrected chi connectivity index (χ1v) is 14.1. The van der Waals surface area contributed by atoms with Gasteiger partial charge >= 0.3 is 71.6 Å². The lowest BCUT2D eigenvalue weighted by Crippen LogP contribution is -2.70. The van der Waals surface area contributed by atoms with Crippen molar-refractivity contribution in [1.29, 1.82) is 0 Å². The summed E-state index contributed by atoms with van der Waals surface area (Å²) in [5.41, 5.74) is 0. The van der Waals surface area contributed by atoms with Crippen LogP contribution in [0.5, 0.6) is 0 Å². The van der Waals surface area contributed by atoms with Crippen LogP contribution in [0, 0.1) is 0 Å². The van der Waals surface area contributed by atoms with E-state index in [-0.39, 0.29) is 0 Å². The summed E-state index contributed by atoms with van der Waals surface area (Å²) < 4.78 is 375. The van der Waals surface area contributed by atoms with Crippen LogP contribution in [0.4, 0.5) is 114 Å². The van der Waals surface area contributed by atoms with Gasteiger partial charge in [-0.3, -0.25) is 9.45 Å². The molecule has 0 aliphatic heterocycles. The number of rotatable bonds is 19. The van der Waals surface area contributed by atoms with Crippen LogP contribution >= 0.6 is 0 Å². The predicted molar refractivity (Wildman–Crippen MR) is 116 cm³/mol. The molecule has 0 amide bonds. The zero-order chi connectivity index (χ0) is 43.5. The van der Waals surface area contributed by atoms with Gasteiger partial charge in [-0.25, -0.2) is 0 Å². The summed E-state index contributed by atoms with van der Waals surface area (Å²) in [6.07, 6.45) is -30.2. The Hall–Kier alpha value is -2.03. The Kier molecular flexibility index (Phi) is 13.9. The quantitative estimate of drug-likeness (QED) is 0.0943. The third kappa shape index (κ3) is 9.17. The molecule has 0 aromatic rings. The Balaban J connectivity index is 6.52. The van der Waals surface area contributed by atoms with Crippen molar-refractivity contribution in [3.63, 3.8) is 0 Å². The largest absolute Gasteiger partial charge is 0.460 e. The third-order valence-corrected chi connectivity index (χ3v) is 7.28. The van der Waals surface area contributed by atoms with Crippen LogP contribution in [-0.2, 0) is 10.1 Å². The summed E-state index contributed by atoms with van der Waals surface area (Å²) in [6, 6.07) is 0. The second-order valence-corrected chi connectivity index (χ2v) is 12.3. The van der Waals surface area contributed by atoms with Crippen molar-refractivity contribution < 1.29 is 137 Å². The van der Waals surface area contributed by atoms with Gasteiger partial charge < -0.3 is 10.2 Å². The molecule has 0 rings (SSSR count). The van der Waals surface area contributed by atoms with E-state index in [1.165, 1.54) is 0 Å². The Labute approximate surface area is 275 Å². The Morgan fingerprint density at radius 2 is 0.642 bits per heavy atom. The van der Waals surface area contributed by atoms with Crippen molar-refractivity contribution >= 4 is 10.1 Å². The van der Waals surface area contributed by atoms with Crippen LogP contribution in [-0.4, -0.2) is 137 Å². The van der Waals surface area contributed by atoms with E-state index in [0.717, 1.165) is 0 Å². The number of halogens is 26. The van der Waals surface area contributed by atoms with E-state index < -0.39 is 137 Å². The molecular formula is C20H17F26NO5S. The molecule has 0 fully saturated rings. The molecule has 0 aliphatic rings. The first-order chi connectivity index (χ1) is 22.6. The normalized spacial score (nSPS) is 17.4. The van der Waals surface area contributed by atoms with Crippen molar-refractivity contribution in [1.82, 2.24) is 4.90 Å². The van der Waals surface area contributed by atoms with Crippen molar-refractivity contribution in [3.05, 3.63) is 0 Å². The number of hydrogen-bond acceptors (Lipinski definition) is 5. The Bertz CT molecular complexity index is 1280. The molecule has 0 heterocycles. The lowest BCUT2D eigenvalue weighted by atomic mass is 9.91. The molecule has 6 nitrogen and oxygen atoms in total. The topological polar surface area (TPSA) is 98.1 Å². The number of alkyl halides is 26. The number of nitrogens with zero attached hydrogens (tertiary/aromatic N) is 1. The molecule has 2 unspecified atom stereocenters. The highest BCUT2D eigenvalue weighted by Gasteiger charge is 2.92. The zero-order valence-electron chi connectivity index (χ0n) is 24.2. The van der Waals surface area contributed by atoms with E-state index in [4.69, 9.17) is 4.55 Å². The standard InChI is InChI=1S/C20H17F26NO5S/c21-9(22,11(25,26)13(29,30)15(33,34)17(37,38)19(41,42)43)3-7(48)5-47(1-2-53(50,51)52)6-8(49)4-10(23,24)12(27,28)14(31,32)16(35,36)18(39,40)20(44,45)46/h7-8,48-49H,1-6H2,(H,50,51,52). The predicted octanol–water partition coefficient (Wildman–Crippen LogP) is 7.16. The summed E-state index contributed by atoms with van der Waals surface area (Å²) in [6.45, 7) is -6.42. The minimum absolute atomic E-state index is 0.527. The summed E-state index contributed by atoms with van der Waals surface area (Å²) >= 11 is 0. The van der Waals surface area contributed by atoms with E-state index in [9.17, 15) is 133 Å². The molecule has 0 bridgehead atoms. The fourth-order valence-electron chi connectivity index (χ4n) is 3.68. The maximum atomic E-state index is 14.1.